The SMILES string of the molecule is Cc1cc(C)n(-c2ccc[c]c2C)n1. The Morgan fingerprint density at radius 3 is 2.64 bits per heavy atom. The van der Waals surface area contributed by atoms with Gasteiger partial charge >= 0.3 is 0 Å². The summed E-state index contributed by atoms with van der Waals surface area (Å²) in [5, 5.41) is 4.44. The molecule has 0 saturated carbocycles. The third-order valence-electron chi connectivity index (χ3n) is 2.27. The molecule has 0 fully saturated rings. The molecule has 0 bridgehead atoms. The summed E-state index contributed by atoms with van der Waals surface area (Å²) in [5.41, 5.74) is 4.44. The number of benzene rings is 1. The molecule has 71 valence electrons. The maximum atomic E-state index is 4.44. The van der Waals surface area contributed by atoms with Crippen LogP contribution in [0, 0.1) is 26.8 Å². The fraction of sp³-hybridized carbons (Fsp3) is 0.250. The molecule has 0 aliphatic rings. The van der Waals surface area contributed by atoms with Gasteiger partial charge in [-0.25, -0.2) is 4.68 Å². The number of nitrogens with zero attached hydrogens (tertiary/aromatic N) is 2. The molecule has 0 spiro atoms. The highest BCUT2D eigenvalue weighted by Gasteiger charge is 2.04. The first-order valence-electron chi connectivity index (χ1n) is 4.69. The van der Waals surface area contributed by atoms with Crippen molar-refractivity contribution in [2.75, 3.05) is 0 Å². The Balaban J connectivity index is 2.60. The van der Waals surface area contributed by atoms with Gasteiger partial charge in [-0.3, -0.25) is 0 Å². The maximum absolute atomic E-state index is 4.44. The molecule has 0 unspecified atom stereocenters. The van der Waals surface area contributed by atoms with Crippen LogP contribution < -0.4 is 0 Å². The third-order valence-corrected chi connectivity index (χ3v) is 2.27. The lowest BCUT2D eigenvalue weighted by Crippen LogP contribution is -2.00. The van der Waals surface area contributed by atoms with Crippen LogP contribution in [0.15, 0.2) is 24.3 Å². The second-order valence-electron chi connectivity index (χ2n) is 3.52. The molecular weight excluding hydrogens is 172 g/mol. The predicted molar refractivity (Wildman–Crippen MR) is 56.6 cm³/mol. The monoisotopic (exact) mass is 185 g/mol. The summed E-state index contributed by atoms with van der Waals surface area (Å²) >= 11 is 0. The van der Waals surface area contributed by atoms with Gasteiger partial charge in [-0.05, 0) is 44.5 Å². The second-order valence-corrected chi connectivity index (χ2v) is 3.52. The van der Waals surface area contributed by atoms with Crippen LogP contribution in [0.3, 0.4) is 0 Å². The molecule has 0 aliphatic carbocycles. The van der Waals surface area contributed by atoms with Gasteiger partial charge in [0.05, 0.1) is 11.4 Å². The van der Waals surface area contributed by atoms with Crippen molar-refractivity contribution in [1.82, 2.24) is 9.78 Å². The smallest absolute Gasteiger partial charge is 0.0684 e. The molecule has 0 atom stereocenters. The van der Waals surface area contributed by atoms with E-state index in [-0.39, 0.29) is 0 Å². The van der Waals surface area contributed by atoms with Crippen molar-refractivity contribution in [1.29, 1.82) is 0 Å². The van der Waals surface area contributed by atoms with E-state index < -0.39 is 0 Å². The van der Waals surface area contributed by atoms with Crippen LogP contribution in [0.25, 0.3) is 5.69 Å². The van der Waals surface area contributed by atoms with Crippen LogP contribution in [0.2, 0.25) is 0 Å². The van der Waals surface area contributed by atoms with Crippen LogP contribution >= 0.6 is 0 Å². The van der Waals surface area contributed by atoms with Crippen molar-refractivity contribution in [3.63, 3.8) is 0 Å². The number of rotatable bonds is 1. The molecule has 1 aromatic heterocycles. The quantitative estimate of drug-likeness (QED) is 0.667. The summed E-state index contributed by atoms with van der Waals surface area (Å²) in [4.78, 5) is 0. The summed E-state index contributed by atoms with van der Waals surface area (Å²) in [6, 6.07) is 11.2. The highest BCUT2D eigenvalue weighted by atomic mass is 15.3. The Bertz CT molecular complexity index is 455. The van der Waals surface area contributed by atoms with E-state index in [2.05, 4.69) is 30.2 Å². The minimum atomic E-state index is 1.05. The number of hydrogen-bond acceptors (Lipinski definition) is 1. The van der Waals surface area contributed by atoms with E-state index in [1.54, 1.807) is 0 Å². The second kappa shape index (κ2) is 3.29. The average molecular weight is 185 g/mol. The van der Waals surface area contributed by atoms with Gasteiger partial charge in [0.1, 0.15) is 0 Å². The van der Waals surface area contributed by atoms with Gasteiger partial charge < -0.3 is 0 Å². The lowest BCUT2D eigenvalue weighted by atomic mass is 10.2. The van der Waals surface area contributed by atoms with Gasteiger partial charge in [0.15, 0.2) is 0 Å². The largest absolute Gasteiger partial charge is 0.238 e. The molecule has 1 aromatic carbocycles. The topological polar surface area (TPSA) is 17.8 Å². The van der Waals surface area contributed by atoms with Crippen LogP contribution in [0.5, 0.6) is 0 Å². The highest BCUT2D eigenvalue weighted by Crippen LogP contribution is 2.14. The molecule has 0 N–H and O–H groups in total. The van der Waals surface area contributed by atoms with Crippen LogP contribution in [0.4, 0.5) is 0 Å². The molecule has 2 heteroatoms. The van der Waals surface area contributed by atoms with E-state index in [4.69, 9.17) is 0 Å². The van der Waals surface area contributed by atoms with Crippen molar-refractivity contribution in [3.8, 4) is 5.69 Å². The first kappa shape index (κ1) is 9.00. The molecule has 2 aromatic rings. The zero-order chi connectivity index (χ0) is 10.1. The molecule has 2 rings (SSSR count). The lowest BCUT2D eigenvalue weighted by molar-refractivity contribution is 0.827. The first-order chi connectivity index (χ1) is 6.68. The van der Waals surface area contributed by atoms with Crippen molar-refractivity contribution >= 4 is 0 Å². The summed E-state index contributed by atoms with van der Waals surface area (Å²) < 4.78 is 1.96. The Morgan fingerprint density at radius 1 is 1.29 bits per heavy atom. The van der Waals surface area contributed by atoms with E-state index in [0.29, 0.717) is 0 Å². The van der Waals surface area contributed by atoms with Crippen LogP contribution in [0.1, 0.15) is 17.0 Å². The Hall–Kier alpha value is -1.57. The van der Waals surface area contributed by atoms with Gasteiger partial charge in [-0.1, -0.05) is 12.1 Å². The fourth-order valence-corrected chi connectivity index (χ4v) is 1.61. The Labute approximate surface area is 84.2 Å². The summed E-state index contributed by atoms with van der Waals surface area (Å²) in [7, 11) is 0. The highest BCUT2D eigenvalue weighted by molar-refractivity contribution is 5.40. The van der Waals surface area contributed by atoms with Crippen molar-refractivity contribution in [3.05, 3.63) is 47.3 Å². The standard InChI is InChI=1S/C12H13N2/c1-9-6-4-5-7-12(9)14-11(3)8-10(2)13-14/h4-5,7-8H,1-3H3. The number of hydrogen-bond donors (Lipinski definition) is 0. The van der Waals surface area contributed by atoms with E-state index in [1.807, 2.05) is 30.7 Å². The van der Waals surface area contributed by atoms with E-state index >= 15 is 0 Å². The fourth-order valence-electron chi connectivity index (χ4n) is 1.61. The van der Waals surface area contributed by atoms with Gasteiger partial charge in [0.25, 0.3) is 0 Å². The van der Waals surface area contributed by atoms with Crippen LogP contribution in [-0.4, -0.2) is 9.78 Å². The summed E-state index contributed by atoms with van der Waals surface area (Å²) in [6.07, 6.45) is 0. The van der Waals surface area contributed by atoms with Gasteiger partial charge in [0, 0.05) is 5.69 Å². The third kappa shape index (κ3) is 1.43. The minimum absolute atomic E-state index is 1.05. The van der Waals surface area contributed by atoms with E-state index in [9.17, 15) is 0 Å². The van der Waals surface area contributed by atoms with Gasteiger partial charge in [0.2, 0.25) is 0 Å². The molecule has 1 radical (unpaired) electrons. The molecule has 0 amide bonds. The zero-order valence-corrected chi connectivity index (χ0v) is 8.70. The first-order valence-corrected chi connectivity index (χ1v) is 4.69. The van der Waals surface area contributed by atoms with Crippen molar-refractivity contribution in [2.45, 2.75) is 20.8 Å². The molecule has 0 aliphatic heterocycles. The normalized spacial score (nSPS) is 10.5. The Kier molecular flexibility index (Phi) is 2.12. The van der Waals surface area contributed by atoms with Gasteiger partial charge in [-0.2, -0.15) is 5.10 Å². The average Bonchev–Trinajstić information content (AvgIpc) is 2.46. The Morgan fingerprint density at radius 2 is 2.07 bits per heavy atom. The molecule has 14 heavy (non-hydrogen) atoms. The predicted octanol–water partition coefficient (Wildman–Crippen LogP) is 2.60. The van der Waals surface area contributed by atoms with Gasteiger partial charge in [-0.15, -0.1) is 0 Å². The molecule has 0 saturated heterocycles. The summed E-state index contributed by atoms with van der Waals surface area (Å²) in [5.74, 6) is 0. The summed E-state index contributed by atoms with van der Waals surface area (Å²) in [6.45, 7) is 6.11. The zero-order valence-electron chi connectivity index (χ0n) is 8.70. The van der Waals surface area contributed by atoms with E-state index in [1.165, 1.54) is 0 Å². The van der Waals surface area contributed by atoms with E-state index in [0.717, 1.165) is 22.6 Å². The maximum Gasteiger partial charge on any atom is 0.0684 e. The van der Waals surface area contributed by atoms with Crippen molar-refractivity contribution < 1.29 is 0 Å². The molecule has 1 heterocycles. The number of aryl methyl sites for hydroxylation is 3. The van der Waals surface area contributed by atoms with Crippen molar-refractivity contribution in [2.24, 2.45) is 0 Å². The number of aromatic nitrogens is 2. The molecule has 2 nitrogen and oxygen atoms in total. The molecular formula is C12H13N2. The van der Waals surface area contributed by atoms with Crippen LogP contribution in [-0.2, 0) is 0 Å². The minimum Gasteiger partial charge on any atom is -0.238 e. The lowest BCUT2D eigenvalue weighted by Gasteiger charge is -2.06.